The zero-order valence-electron chi connectivity index (χ0n) is 16.3. The van der Waals surface area contributed by atoms with Gasteiger partial charge in [0.1, 0.15) is 0 Å². The molecule has 0 aliphatic carbocycles. The van der Waals surface area contributed by atoms with E-state index in [1.54, 1.807) is 0 Å². The lowest BCUT2D eigenvalue weighted by atomic mass is 10.1. The number of hydrogen-bond donors (Lipinski definition) is 0. The van der Waals surface area contributed by atoms with Gasteiger partial charge >= 0.3 is 5.97 Å². The number of carbonyl (C=O) groups is 1. The summed E-state index contributed by atoms with van der Waals surface area (Å²) in [6.45, 7) is 5.22. The smallest absolute Gasteiger partial charge is 0.330 e. The fourth-order valence-corrected chi connectivity index (χ4v) is 2.69. The van der Waals surface area contributed by atoms with E-state index in [4.69, 9.17) is 4.74 Å². The van der Waals surface area contributed by atoms with E-state index in [0.29, 0.717) is 6.61 Å². The molecule has 0 aromatic heterocycles. The van der Waals surface area contributed by atoms with Crippen LogP contribution in [0.25, 0.3) is 0 Å². The Balaban J connectivity index is 0. The molecule has 0 aromatic carbocycles. The molecule has 0 fully saturated rings. The Labute approximate surface area is 161 Å². The molecule has 4 heteroatoms. The first-order valence-electron chi connectivity index (χ1n) is 9.55. The molecule has 0 aliphatic heterocycles. The van der Waals surface area contributed by atoms with Crippen LogP contribution in [0.2, 0.25) is 0 Å². The van der Waals surface area contributed by atoms with Gasteiger partial charge in [-0.3, -0.25) is 0 Å². The molecule has 0 spiro atoms. The normalized spacial score (nSPS) is 11.0. The second kappa shape index (κ2) is 17.5. The SMILES string of the molecule is C=CC(=O)OCCCCCCCCCCCCCC[N+](C)(C)C.[Br-]. The van der Waals surface area contributed by atoms with Gasteiger partial charge in [-0.1, -0.05) is 64.4 Å². The highest BCUT2D eigenvalue weighted by Crippen LogP contribution is 2.12. The average Bonchev–Trinajstić information content (AvgIpc) is 2.49. The van der Waals surface area contributed by atoms with Gasteiger partial charge in [-0.25, -0.2) is 4.79 Å². The van der Waals surface area contributed by atoms with Crippen LogP contribution in [-0.2, 0) is 9.53 Å². The Kier molecular flexibility index (Phi) is 18.8. The van der Waals surface area contributed by atoms with Crippen molar-refractivity contribution in [2.75, 3.05) is 34.3 Å². The first-order valence-corrected chi connectivity index (χ1v) is 9.55. The van der Waals surface area contributed by atoms with E-state index in [1.807, 2.05) is 0 Å². The molecule has 0 heterocycles. The molecule has 0 saturated carbocycles. The minimum atomic E-state index is -0.303. The molecule has 0 rings (SSSR count). The van der Waals surface area contributed by atoms with Crippen molar-refractivity contribution in [1.29, 1.82) is 0 Å². The van der Waals surface area contributed by atoms with Gasteiger partial charge in [0.2, 0.25) is 0 Å². The lowest BCUT2D eigenvalue weighted by molar-refractivity contribution is -0.870. The lowest BCUT2D eigenvalue weighted by Crippen LogP contribution is -3.00. The predicted molar refractivity (Wildman–Crippen MR) is 99.5 cm³/mol. The Morgan fingerprint density at radius 3 is 1.54 bits per heavy atom. The zero-order valence-corrected chi connectivity index (χ0v) is 17.9. The summed E-state index contributed by atoms with van der Waals surface area (Å²) in [5.41, 5.74) is 0. The maximum atomic E-state index is 10.8. The summed E-state index contributed by atoms with van der Waals surface area (Å²) in [7, 11) is 6.81. The van der Waals surface area contributed by atoms with Crippen LogP contribution in [0.1, 0.15) is 77.0 Å². The fourth-order valence-electron chi connectivity index (χ4n) is 2.69. The Morgan fingerprint density at radius 2 is 1.17 bits per heavy atom. The van der Waals surface area contributed by atoms with Gasteiger partial charge in [-0.2, -0.15) is 0 Å². The third kappa shape index (κ3) is 21.6. The number of unbranched alkanes of at least 4 members (excludes halogenated alkanes) is 11. The van der Waals surface area contributed by atoms with E-state index < -0.39 is 0 Å². The Hall–Kier alpha value is -0.350. The minimum Gasteiger partial charge on any atom is -1.00 e. The summed E-state index contributed by atoms with van der Waals surface area (Å²) in [6, 6.07) is 0. The van der Waals surface area contributed by atoms with Crippen LogP contribution in [0.5, 0.6) is 0 Å². The molecule has 0 unspecified atom stereocenters. The molecule has 3 nitrogen and oxygen atoms in total. The predicted octanol–water partition coefficient (Wildman–Crippen LogP) is 2.11. The van der Waals surface area contributed by atoms with Crippen molar-refractivity contribution in [2.24, 2.45) is 0 Å². The monoisotopic (exact) mass is 405 g/mol. The van der Waals surface area contributed by atoms with Crippen LogP contribution < -0.4 is 17.0 Å². The highest BCUT2D eigenvalue weighted by Gasteiger charge is 2.04. The van der Waals surface area contributed by atoms with Crippen molar-refractivity contribution >= 4 is 5.97 Å². The molecule has 0 amide bonds. The number of rotatable bonds is 16. The van der Waals surface area contributed by atoms with E-state index in [-0.39, 0.29) is 23.0 Å². The number of carbonyl (C=O) groups excluding carboxylic acids is 1. The lowest BCUT2D eigenvalue weighted by Gasteiger charge is -2.23. The maximum Gasteiger partial charge on any atom is 0.330 e. The van der Waals surface area contributed by atoms with E-state index in [0.717, 1.165) is 17.3 Å². The average molecular weight is 406 g/mol. The van der Waals surface area contributed by atoms with Crippen LogP contribution in [0.15, 0.2) is 12.7 Å². The molecular formula is C20H40BrNO2. The van der Waals surface area contributed by atoms with Crippen molar-refractivity contribution in [2.45, 2.75) is 77.0 Å². The maximum absolute atomic E-state index is 10.8. The fraction of sp³-hybridized carbons (Fsp3) is 0.850. The number of halogens is 1. The van der Waals surface area contributed by atoms with Gasteiger partial charge in [0.05, 0.1) is 34.3 Å². The number of esters is 1. The van der Waals surface area contributed by atoms with Crippen molar-refractivity contribution < 1.29 is 31.0 Å². The largest absolute Gasteiger partial charge is 1.00 e. The quantitative estimate of drug-likeness (QED) is 0.170. The van der Waals surface area contributed by atoms with Crippen LogP contribution in [-0.4, -0.2) is 44.7 Å². The number of hydrogen-bond acceptors (Lipinski definition) is 2. The Morgan fingerprint density at radius 1 is 0.792 bits per heavy atom. The summed E-state index contributed by atoms with van der Waals surface area (Å²) in [5, 5.41) is 0. The van der Waals surface area contributed by atoms with Crippen LogP contribution in [0.4, 0.5) is 0 Å². The van der Waals surface area contributed by atoms with Crippen molar-refractivity contribution in [3.63, 3.8) is 0 Å². The summed E-state index contributed by atoms with van der Waals surface area (Å²) in [4.78, 5) is 10.8. The van der Waals surface area contributed by atoms with Crippen molar-refractivity contribution in [3.8, 4) is 0 Å². The summed E-state index contributed by atoms with van der Waals surface area (Å²) in [6.07, 6.45) is 17.1. The molecule has 0 atom stereocenters. The van der Waals surface area contributed by atoms with E-state index >= 15 is 0 Å². The van der Waals surface area contributed by atoms with E-state index in [9.17, 15) is 4.79 Å². The van der Waals surface area contributed by atoms with Gasteiger partial charge < -0.3 is 26.2 Å². The molecule has 0 aliphatic rings. The molecular weight excluding hydrogens is 366 g/mol. The zero-order chi connectivity index (χ0) is 17.4. The molecule has 0 saturated heterocycles. The topological polar surface area (TPSA) is 26.3 Å². The molecule has 24 heavy (non-hydrogen) atoms. The molecule has 0 N–H and O–H groups in total. The second-order valence-corrected chi connectivity index (χ2v) is 7.63. The van der Waals surface area contributed by atoms with Crippen LogP contribution >= 0.6 is 0 Å². The third-order valence-electron chi connectivity index (χ3n) is 4.13. The number of quaternary nitrogens is 1. The van der Waals surface area contributed by atoms with Gasteiger partial charge in [0.25, 0.3) is 0 Å². The van der Waals surface area contributed by atoms with E-state index in [1.165, 1.54) is 76.8 Å². The molecule has 144 valence electrons. The van der Waals surface area contributed by atoms with Crippen LogP contribution in [0.3, 0.4) is 0 Å². The van der Waals surface area contributed by atoms with Gasteiger partial charge in [0, 0.05) is 6.08 Å². The highest BCUT2D eigenvalue weighted by atomic mass is 79.9. The van der Waals surface area contributed by atoms with Crippen LogP contribution in [0, 0.1) is 0 Å². The van der Waals surface area contributed by atoms with Crippen molar-refractivity contribution in [1.82, 2.24) is 0 Å². The summed E-state index contributed by atoms with van der Waals surface area (Å²) in [5.74, 6) is -0.303. The highest BCUT2D eigenvalue weighted by molar-refractivity contribution is 5.81. The molecule has 0 radical (unpaired) electrons. The van der Waals surface area contributed by atoms with Crippen molar-refractivity contribution in [3.05, 3.63) is 12.7 Å². The Bertz CT molecular complexity index is 301. The molecule has 0 bridgehead atoms. The van der Waals surface area contributed by atoms with E-state index in [2.05, 4.69) is 27.7 Å². The second-order valence-electron chi connectivity index (χ2n) is 7.63. The summed E-state index contributed by atoms with van der Waals surface area (Å²) >= 11 is 0. The van der Waals surface area contributed by atoms with Gasteiger partial charge in [0.15, 0.2) is 0 Å². The summed E-state index contributed by atoms with van der Waals surface area (Å²) < 4.78 is 6.05. The third-order valence-corrected chi connectivity index (χ3v) is 4.13. The first-order chi connectivity index (χ1) is 11.0. The number of nitrogens with zero attached hydrogens (tertiary/aromatic N) is 1. The minimum absolute atomic E-state index is 0. The number of ether oxygens (including phenoxy) is 1. The molecule has 0 aromatic rings. The standard InChI is InChI=1S/C20H40NO2.BrH/c1-5-20(22)23-19-17-15-13-11-9-7-6-8-10-12-14-16-18-21(2,3)4;/h5H,1,6-19H2,2-4H3;1H/q+1;/p-1. The van der Waals surface area contributed by atoms with Gasteiger partial charge in [-0.05, 0) is 19.3 Å². The first kappa shape index (κ1) is 25.9. The van der Waals surface area contributed by atoms with Gasteiger partial charge in [-0.15, -0.1) is 0 Å².